The topological polar surface area (TPSA) is 43.9 Å². The summed E-state index contributed by atoms with van der Waals surface area (Å²) in [5, 5.41) is 1.08. The minimum Gasteiger partial charge on any atom is -0.464 e. The molecule has 4 nitrogen and oxygen atoms in total. The molecule has 190 valence electrons. The number of hydrogen-bond acceptors (Lipinski definition) is 3. The van der Waals surface area contributed by atoms with E-state index in [4.69, 9.17) is 9.40 Å². The molecule has 0 aliphatic rings. The molecule has 0 amide bonds. The Morgan fingerprint density at radius 1 is 0.816 bits per heavy atom. The molecule has 3 aromatic carbocycles. The van der Waals surface area contributed by atoms with Gasteiger partial charge in [-0.15, -0.1) is 0 Å². The molecule has 0 N–H and O–H groups in total. The van der Waals surface area contributed by atoms with Gasteiger partial charge in [-0.25, -0.2) is 4.98 Å². The van der Waals surface area contributed by atoms with Gasteiger partial charge in [0.15, 0.2) is 0 Å². The largest absolute Gasteiger partial charge is 0.464 e. The van der Waals surface area contributed by atoms with E-state index in [1.807, 2.05) is 24.6 Å². The molecule has 6 aromatic rings. The van der Waals surface area contributed by atoms with E-state index in [9.17, 15) is 0 Å². The zero-order valence-corrected chi connectivity index (χ0v) is 22.5. The highest BCUT2D eigenvalue weighted by Crippen LogP contribution is 2.36. The summed E-state index contributed by atoms with van der Waals surface area (Å²) >= 11 is 0. The summed E-state index contributed by atoms with van der Waals surface area (Å²) in [6, 6.07) is 27.7. The number of rotatable bonds is 7. The molecule has 0 saturated heterocycles. The molecule has 0 aliphatic carbocycles. The molecule has 4 heteroatoms. The van der Waals surface area contributed by atoms with Crippen LogP contribution in [0.1, 0.15) is 67.5 Å². The van der Waals surface area contributed by atoms with E-state index in [2.05, 4.69) is 104 Å². The fourth-order valence-corrected chi connectivity index (χ4v) is 5.56. The molecule has 38 heavy (non-hydrogen) atoms. The molecular formula is C34H33N3O. The molecule has 0 atom stereocenters. The number of furan rings is 1. The van der Waals surface area contributed by atoms with Gasteiger partial charge in [-0.3, -0.25) is 4.98 Å². The number of benzene rings is 3. The predicted octanol–water partition coefficient (Wildman–Crippen LogP) is 8.73. The fourth-order valence-electron chi connectivity index (χ4n) is 5.56. The van der Waals surface area contributed by atoms with Gasteiger partial charge < -0.3 is 8.98 Å². The number of hydrogen-bond donors (Lipinski definition) is 0. The summed E-state index contributed by atoms with van der Waals surface area (Å²) in [5.74, 6) is 1.81. The number of fused-ring (bicyclic) bond motifs is 2. The molecule has 0 aliphatic heterocycles. The average Bonchev–Trinajstić information content (AvgIpc) is 3.50. The normalized spacial score (nSPS) is 11.8. The molecule has 3 aromatic heterocycles. The zero-order chi connectivity index (χ0) is 26.2. The molecule has 0 spiro atoms. The van der Waals surface area contributed by atoms with Crippen LogP contribution in [0.2, 0.25) is 0 Å². The van der Waals surface area contributed by atoms with E-state index in [-0.39, 0.29) is 0 Å². The van der Waals surface area contributed by atoms with E-state index >= 15 is 0 Å². The van der Waals surface area contributed by atoms with Crippen molar-refractivity contribution in [3.63, 3.8) is 0 Å². The van der Waals surface area contributed by atoms with Crippen LogP contribution < -0.4 is 0 Å². The maximum absolute atomic E-state index is 6.06. The molecule has 0 fully saturated rings. The Labute approximate surface area is 224 Å². The first kappa shape index (κ1) is 24.2. The maximum Gasteiger partial charge on any atom is 0.145 e. The lowest BCUT2D eigenvalue weighted by atomic mass is 9.88. The molecule has 3 heterocycles. The number of imidazole rings is 1. The third kappa shape index (κ3) is 4.41. The highest BCUT2D eigenvalue weighted by atomic mass is 16.3. The molecule has 6 rings (SSSR count). The second-order valence-electron chi connectivity index (χ2n) is 10.7. The van der Waals surface area contributed by atoms with Crippen LogP contribution in [0.4, 0.5) is 0 Å². The van der Waals surface area contributed by atoms with Crippen LogP contribution in [0.3, 0.4) is 0 Å². The zero-order valence-electron chi connectivity index (χ0n) is 22.5. The summed E-state index contributed by atoms with van der Waals surface area (Å²) in [6.45, 7) is 9.88. The average molecular weight is 500 g/mol. The number of aromatic nitrogens is 3. The SMILES string of the molecule is CC(C)c1cccc(C(C)C)c1Cn1c(-c2coc3ccc(Cc4ccccn4)cc23)nc2ccccc21. The lowest BCUT2D eigenvalue weighted by Gasteiger charge is -2.21. The van der Waals surface area contributed by atoms with E-state index in [0.29, 0.717) is 11.8 Å². The summed E-state index contributed by atoms with van der Waals surface area (Å²) in [7, 11) is 0. The first-order valence-corrected chi connectivity index (χ1v) is 13.5. The lowest BCUT2D eigenvalue weighted by Crippen LogP contribution is -2.10. The predicted molar refractivity (Wildman–Crippen MR) is 156 cm³/mol. The van der Waals surface area contributed by atoms with Crippen LogP contribution in [0.15, 0.2) is 95.7 Å². The Kier molecular flexibility index (Phi) is 6.32. The minimum absolute atomic E-state index is 0.436. The van der Waals surface area contributed by atoms with Crippen molar-refractivity contribution in [2.45, 2.75) is 52.5 Å². The van der Waals surface area contributed by atoms with Crippen LogP contribution >= 0.6 is 0 Å². The summed E-state index contributed by atoms with van der Waals surface area (Å²) in [4.78, 5) is 9.67. The maximum atomic E-state index is 6.06. The third-order valence-electron chi connectivity index (χ3n) is 7.45. The Bertz CT molecular complexity index is 1700. The third-order valence-corrected chi connectivity index (χ3v) is 7.45. The summed E-state index contributed by atoms with van der Waals surface area (Å²) in [5.41, 5.74) is 10.5. The van der Waals surface area contributed by atoms with Gasteiger partial charge in [0, 0.05) is 23.7 Å². The van der Waals surface area contributed by atoms with Gasteiger partial charge in [-0.1, -0.05) is 70.2 Å². The summed E-state index contributed by atoms with van der Waals surface area (Å²) in [6.07, 6.45) is 4.49. The molecule has 0 saturated carbocycles. The van der Waals surface area contributed by atoms with Crippen LogP contribution in [-0.2, 0) is 13.0 Å². The van der Waals surface area contributed by atoms with Gasteiger partial charge in [0.05, 0.1) is 23.1 Å². The standard InChI is InChI=1S/C34H33N3O/c1-22(2)26-11-9-12-27(23(3)4)29(26)20-37-32-14-6-5-13-31(32)36-34(37)30-21-38-33-16-15-24(19-28(30)33)18-25-10-7-8-17-35-25/h5-17,19,21-23H,18,20H2,1-4H3. The van der Waals surface area contributed by atoms with Gasteiger partial charge >= 0.3 is 0 Å². The highest BCUT2D eigenvalue weighted by molar-refractivity contribution is 5.95. The monoisotopic (exact) mass is 499 g/mol. The summed E-state index contributed by atoms with van der Waals surface area (Å²) < 4.78 is 8.44. The van der Waals surface area contributed by atoms with Gasteiger partial charge in [0.1, 0.15) is 17.7 Å². The Balaban J connectivity index is 1.52. The Morgan fingerprint density at radius 2 is 1.58 bits per heavy atom. The number of para-hydroxylation sites is 2. The Morgan fingerprint density at radius 3 is 2.32 bits per heavy atom. The van der Waals surface area contributed by atoms with Crippen molar-refractivity contribution in [2.24, 2.45) is 0 Å². The van der Waals surface area contributed by atoms with Crippen molar-refractivity contribution in [2.75, 3.05) is 0 Å². The van der Waals surface area contributed by atoms with Gasteiger partial charge in [-0.2, -0.15) is 0 Å². The highest BCUT2D eigenvalue weighted by Gasteiger charge is 2.21. The van der Waals surface area contributed by atoms with E-state index in [0.717, 1.165) is 52.1 Å². The molecule has 0 bridgehead atoms. The van der Waals surface area contributed by atoms with E-state index < -0.39 is 0 Å². The first-order chi connectivity index (χ1) is 18.5. The van der Waals surface area contributed by atoms with Gasteiger partial charge in [0.2, 0.25) is 0 Å². The van der Waals surface area contributed by atoms with Crippen LogP contribution in [0.5, 0.6) is 0 Å². The van der Waals surface area contributed by atoms with Gasteiger partial charge in [-0.05, 0) is 70.5 Å². The number of nitrogens with zero attached hydrogens (tertiary/aromatic N) is 3. The molecular weight excluding hydrogens is 466 g/mol. The van der Waals surface area contributed by atoms with E-state index in [1.54, 1.807) is 0 Å². The molecule has 0 radical (unpaired) electrons. The first-order valence-electron chi connectivity index (χ1n) is 13.5. The van der Waals surface area contributed by atoms with Crippen LogP contribution in [0, 0.1) is 0 Å². The molecule has 0 unspecified atom stereocenters. The van der Waals surface area contributed by atoms with Crippen molar-refractivity contribution >= 4 is 22.0 Å². The minimum atomic E-state index is 0.436. The second-order valence-corrected chi connectivity index (χ2v) is 10.7. The van der Waals surface area contributed by atoms with Crippen molar-refractivity contribution in [1.29, 1.82) is 0 Å². The smallest absolute Gasteiger partial charge is 0.145 e. The number of pyridine rings is 1. The Hall–Kier alpha value is -4.18. The van der Waals surface area contributed by atoms with Gasteiger partial charge in [0.25, 0.3) is 0 Å². The quantitative estimate of drug-likeness (QED) is 0.221. The van der Waals surface area contributed by atoms with Crippen molar-refractivity contribution < 1.29 is 4.42 Å². The van der Waals surface area contributed by atoms with Crippen molar-refractivity contribution in [3.8, 4) is 11.4 Å². The lowest BCUT2D eigenvalue weighted by molar-refractivity contribution is 0.616. The van der Waals surface area contributed by atoms with E-state index in [1.165, 1.54) is 22.3 Å². The van der Waals surface area contributed by atoms with Crippen molar-refractivity contribution in [1.82, 2.24) is 14.5 Å². The second kappa shape index (κ2) is 9.94. The van der Waals surface area contributed by atoms with Crippen LogP contribution in [-0.4, -0.2) is 14.5 Å². The van der Waals surface area contributed by atoms with Crippen LogP contribution in [0.25, 0.3) is 33.4 Å². The van der Waals surface area contributed by atoms with Crippen molar-refractivity contribution in [3.05, 3.63) is 119 Å². The fraction of sp³-hybridized carbons (Fsp3) is 0.235.